The molecule has 9 heteroatoms. The second kappa shape index (κ2) is 9.91. The van der Waals surface area contributed by atoms with E-state index >= 15 is 0 Å². The molecular weight excluding hydrogens is 474 g/mol. The third-order valence-electron chi connectivity index (χ3n) is 6.88. The van der Waals surface area contributed by atoms with Crippen LogP contribution in [0.4, 0.5) is 0 Å². The molecule has 0 saturated carbocycles. The van der Waals surface area contributed by atoms with Gasteiger partial charge in [0.1, 0.15) is 24.0 Å². The summed E-state index contributed by atoms with van der Waals surface area (Å²) in [6.07, 6.45) is 1.46. The van der Waals surface area contributed by atoms with E-state index in [4.69, 9.17) is 23.0 Å². The van der Waals surface area contributed by atoms with Crippen molar-refractivity contribution in [3.8, 4) is 28.9 Å². The Kier molecular flexibility index (Phi) is 6.31. The smallest absolute Gasteiger partial charge is 0.283 e. The number of allylic oxidation sites excluding steroid dienone is 1. The summed E-state index contributed by atoms with van der Waals surface area (Å²) in [5.41, 5.74) is 2.62. The van der Waals surface area contributed by atoms with Gasteiger partial charge in [-0.05, 0) is 68.6 Å². The number of nitrogens with zero attached hydrogens (tertiary/aromatic N) is 3. The number of likely N-dealkylation sites (tertiary alicyclic amines) is 1. The topological polar surface area (TPSA) is 103 Å². The first kappa shape index (κ1) is 23.6. The quantitative estimate of drug-likeness (QED) is 0.361. The van der Waals surface area contributed by atoms with E-state index in [1.165, 1.54) is 5.56 Å². The van der Waals surface area contributed by atoms with Gasteiger partial charge in [0, 0.05) is 18.2 Å². The summed E-state index contributed by atoms with van der Waals surface area (Å²) < 4.78 is 28.5. The fraction of sp³-hybridized carbons (Fsp3) is 0.357. The highest BCUT2D eigenvalue weighted by molar-refractivity contribution is 5.87. The van der Waals surface area contributed by atoms with E-state index < -0.39 is 6.10 Å². The predicted molar refractivity (Wildman–Crippen MR) is 137 cm³/mol. The predicted octanol–water partition coefficient (Wildman–Crippen LogP) is 4.86. The molecule has 2 aromatic carbocycles. The maximum absolute atomic E-state index is 10.7. The van der Waals surface area contributed by atoms with Crippen molar-refractivity contribution in [3.63, 3.8) is 0 Å². The lowest BCUT2D eigenvalue weighted by Gasteiger charge is -2.33. The number of fused-ring (bicyclic) bond motifs is 2. The molecule has 192 valence electrons. The van der Waals surface area contributed by atoms with Crippen molar-refractivity contribution < 1.29 is 28.2 Å². The maximum Gasteiger partial charge on any atom is 0.283 e. The molecule has 2 aromatic heterocycles. The van der Waals surface area contributed by atoms with E-state index in [-0.39, 0.29) is 12.5 Å². The average Bonchev–Trinajstić information content (AvgIpc) is 3.66. The molecule has 0 spiro atoms. The van der Waals surface area contributed by atoms with Gasteiger partial charge in [-0.15, -0.1) is 10.2 Å². The Morgan fingerprint density at radius 1 is 1.11 bits per heavy atom. The molecule has 1 N–H and O–H groups in total. The number of rotatable bonds is 8. The van der Waals surface area contributed by atoms with Crippen LogP contribution in [0.3, 0.4) is 0 Å². The summed E-state index contributed by atoms with van der Waals surface area (Å²) in [5.74, 6) is 3.88. The van der Waals surface area contributed by atoms with Gasteiger partial charge in [-0.2, -0.15) is 0 Å². The zero-order valence-corrected chi connectivity index (χ0v) is 20.7. The Bertz CT molecular complexity index is 1420. The molecular formula is C28H29N3O6. The minimum absolute atomic E-state index is 0.183. The molecule has 6 rings (SSSR count). The van der Waals surface area contributed by atoms with Crippen molar-refractivity contribution in [3.05, 3.63) is 60.5 Å². The molecule has 4 heterocycles. The van der Waals surface area contributed by atoms with Crippen LogP contribution in [0.5, 0.6) is 17.2 Å². The number of piperidine rings is 1. The Morgan fingerprint density at radius 2 is 1.95 bits per heavy atom. The van der Waals surface area contributed by atoms with Gasteiger partial charge in [0.15, 0.2) is 17.3 Å². The molecule has 1 fully saturated rings. The van der Waals surface area contributed by atoms with Crippen LogP contribution in [0.2, 0.25) is 0 Å². The van der Waals surface area contributed by atoms with E-state index in [1.807, 2.05) is 30.3 Å². The second-order valence-corrected chi connectivity index (χ2v) is 9.62. The average molecular weight is 504 g/mol. The van der Waals surface area contributed by atoms with Crippen molar-refractivity contribution >= 4 is 16.5 Å². The zero-order chi connectivity index (χ0) is 25.4. The summed E-state index contributed by atoms with van der Waals surface area (Å²) in [6, 6.07) is 13.6. The van der Waals surface area contributed by atoms with Crippen LogP contribution in [0.1, 0.15) is 37.1 Å². The van der Waals surface area contributed by atoms with E-state index in [0.717, 1.165) is 42.8 Å². The molecule has 37 heavy (non-hydrogen) atoms. The van der Waals surface area contributed by atoms with Crippen LogP contribution in [-0.2, 0) is 0 Å². The molecule has 2 aliphatic heterocycles. The third kappa shape index (κ3) is 4.92. The summed E-state index contributed by atoms with van der Waals surface area (Å²) in [4.78, 5) is 2.29. The van der Waals surface area contributed by atoms with Gasteiger partial charge in [0.2, 0.25) is 12.7 Å². The largest absolute Gasteiger partial charge is 0.490 e. The van der Waals surface area contributed by atoms with Gasteiger partial charge in [-0.25, -0.2) is 0 Å². The standard InChI is InChI=1S/C28H29N3O6/c1-17(2)27-29-30-28(37-27)26-13-21-22(4-3-5-23(21)36-26)33-15-20(32)14-31-10-8-18(9-11-31)19-6-7-24-25(12-19)35-16-34-24/h3-7,12-13,18,20,32H,1,8-11,14-16H2,2H3. The molecule has 2 aliphatic rings. The van der Waals surface area contributed by atoms with Crippen molar-refractivity contribution in [2.75, 3.05) is 33.0 Å². The fourth-order valence-electron chi connectivity index (χ4n) is 4.91. The lowest BCUT2D eigenvalue weighted by Crippen LogP contribution is -2.40. The summed E-state index contributed by atoms with van der Waals surface area (Å²) in [5, 5.41) is 19.5. The zero-order valence-electron chi connectivity index (χ0n) is 20.7. The maximum atomic E-state index is 10.7. The highest BCUT2D eigenvalue weighted by Gasteiger charge is 2.24. The molecule has 0 amide bonds. The Morgan fingerprint density at radius 3 is 2.76 bits per heavy atom. The Labute approximate surface area is 214 Å². The van der Waals surface area contributed by atoms with E-state index in [2.05, 4.69) is 33.8 Å². The summed E-state index contributed by atoms with van der Waals surface area (Å²) >= 11 is 0. The van der Waals surface area contributed by atoms with E-state index in [0.29, 0.717) is 47.8 Å². The lowest BCUT2D eigenvalue weighted by atomic mass is 9.89. The first-order valence-electron chi connectivity index (χ1n) is 12.5. The second-order valence-electron chi connectivity index (χ2n) is 9.62. The normalized spacial score (nSPS) is 16.8. The molecule has 0 bridgehead atoms. The van der Waals surface area contributed by atoms with Crippen molar-refractivity contribution in [1.29, 1.82) is 0 Å². The summed E-state index contributed by atoms with van der Waals surface area (Å²) in [7, 11) is 0. The number of hydrogen-bond acceptors (Lipinski definition) is 9. The minimum Gasteiger partial charge on any atom is -0.490 e. The molecule has 9 nitrogen and oxygen atoms in total. The van der Waals surface area contributed by atoms with Crippen molar-refractivity contribution in [1.82, 2.24) is 15.1 Å². The molecule has 1 unspecified atom stereocenters. The number of aliphatic hydroxyl groups excluding tert-OH is 1. The number of benzene rings is 2. The fourth-order valence-corrected chi connectivity index (χ4v) is 4.91. The number of ether oxygens (including phenoxy) is 3. The van der Waals surface area contributed by atoms with Gasteiger partial charge >= 0.3 is 0 Å². The van der Waals surface area contributed by atoms with Crippen LogP contribution < -0.4 is 14.2 Å². The van der Waals surface area contributed by atoms with E-state index in [1.54, 1.807) is 6.92 Å². The molecule has 1 atom stereocenters. The third-order valence-corrected chi connectivity index (χ3v) is 6.88. The molecule has 4 aromatic rings. The van der Waals surface area contributed by atoms with Crippen LogP contribution in [-0.4, -0.2) is 59.3 Å². The number of aliphatic hydroxyl groups is 1. The molecule has 1 saturated heterocycles. The number of hydrogen-bond donors (Lipinski definition) is 1. The van der Waals surface area contributed by atoms with Gasteiger partial charge in [0.05, 0.1) is 5.39 Å². The minimum atomic E-state index is -0.613. The number of β-amino-alcohol motifs (C(OH)–C–C–N with tert-alkyl or cyclic N) is 1. The van der Waals surface area contributed by atoms with Gasteiger partial charge in [-0.1, -0.05) is 18.7 Å². The van der Waals surface area contributed by atoms with Crippen LogP contribution in [0.15, 0.2) is 57.9 Å². The van der Waals surface area contributed by atoms with Crippen LogP contribution in [0, 0.1) is 0 Å². The lowest BCUT2D eigenvalue weighted by molar-refractivity contribution is 0.0599. The van der Waals surface area contributed by atoms with E-state index in [9.17, 15) is 5.11 Å². The van der Waals surface area contributed by atoms with Gasteiger partial charge in [0.25, 0.3) is 5.89 Å². The van der Waals surface area contributed by atoms with Gasteiger partial charge in [-0.3, -0.25) is 0 Å². The molecule has 0 radical (unpaired) electrons. The number of aromatic nitrogens is 2. The Hall–Kier alpha value is -3.82. The summed E-state index contributed by atoms with van der Waals surface area (Å²) in [6.45, 7) is 8.50. The SMILES string of the molecule is C=C(C)c1nnc(-c2cc3c(OCC(O)CN4CCC(c5ccc6c(c5)OCO6)CC4)cccc3o2)o1. The van der Waals surface area contributed by atoms with Crippen molar-refractivity contribution in [2.45, 2.75) is 31.8 Å². The highest BCUT2D eigenvalue weighted by Crippen LogP contribution is 2.37. The van der Waals surface area contributed by atoms with Crippen molar-refractivity contribution in [2.24, 2.45) is 0 Å². The molecule has 0 aliphatic carbocycles. The highest BCUT2D eigenvalue weighted by atomic mass is 16.7. The van der Waals surface area contributed by atoms with Crippen LogP contribution >= 0.6 is 0 Å². The first-order chi connectivity index (χ1) is 18.0. The Balaban J connectivity index is 1.04. The number of furan rings is 1. The van der Waals surface area contributed by atoms with Gasteiger partial charge < -0.3 is 33.1 Å². The van der Waals surface area contributed by atoms with Crippen LogP contribution in [0.25, 0.3) is 28.2 Å². The monoisotopic (exact) mass is 503 g/mol. The first-order valence-corrected chi connectivity index (χ1v) is 12.5.